The van der Waals surface area contributed by atoms with Gasteiger partial charge in [-0.15, -0.1) is 0 Å². The zero-order valence-electron chi connectivity index (χ0n) is 42.0. The van der Waals surface area contributed by atoms with Crippen LogP contribution in [0.1, 0.15) is 258 Å². The molecule has 0 aromatic carbocycles. The summed E-state index contributed by atoms with van der Waals surface area (Å²) in [6, 6.07) is 0. The molecule has 0 aromatic rings. The Morgan fingerprint density at radius 3 is 0.969 bits per heavy atom. The van der Waals surface area contributed by atoms with Gasteiger partial charge in [-0.05, 0) is 96.3 Å². The maximum atomic E-state index is 12.8. The van der Waals surface area contributed by atoms with Gasteiger partial charge in [0.25, 0.3) is 0 Å². The quantitative estimate of drug-likeness (QED) is 0.0199. The highest BCUT2D eigenvalue weighted by atomic mass is 16.6. The molecule has 0 aliphatic heterocycles. The summed E-state index contributed by atoms with van der Waals surface area (Å²) in [7, 11) is 0. The van der Waals surface area contributed by atoms with Crippen LogP contribution < -0.4 is 0 Å². The molecule has 0 saturated carbocycles. The van der Waals surface area contributed by atoms with Crippen molar-refractivity contribution in [2.45, 2.75) is 264 Å². The lowest BCUT2D eigenvalue weighted by molar-refractivity contribution is -0.167. The van der Waals surface area contributed by atoms with Gasteiger partial charge in [0.05, 0.1) is 0 Å². The molecule has 0 saturated heterocycles. The fraction of sp³-hybridized carbons (Fsp3) is 0.741. The Bertz CT molecular complexity index is 1210. The van der Waals surface area contributed by atoms with Crippen molar-refractivity contribution in [1.29, 1.82) is 0 Å². The minimum absolute atomic E-state index is 0.0950. The van der Waals surface area contributed by atoms with Crippen LogP contribution in [-0.2, 0) is 28.6 Å². The maximum absolute atomic E-state index is 12.8. The lowest BCUT2D eigenvalue weighted by Gasteiger charge is -2.18. The topological polar surface area (TPSA) is 78.9 Å². The molecule has 0 amide bonds. The number of hydrogen-bond donors (Lipinski definition) is 0. The minimum atomic E-state index is -0.796. The zero-order valence-corrected chi connectivity index (χ0v) is 42.0. The smallest absolute Gasteiger partial charge is 0.306 e. The third-order valence-electron chi connectivity index (χ3n) is 11.5. The predicted molar refractivity (Wildman–Crippen MR) is 274 cm³/mol. The van der Waals surface area contributed by atoms with Crippen molar-refractivity contribution in [3.8, 4) is 0 Å². The van der Waals surface area contributed by atoms with E-state index in [0.717, 1.165) is 109 Å². The minimum Gasteiger partial charge on any atom is -0.462 e. The summed E-state index contributed by atoms with van der Waals surface area (Å²) in [5.74, 6) is -0.938. The standard InChI is InChI=1S/C58H100O6/c1-4-7-10-13-16-19-22-25-27-28-29-31-33-36-39-42-45-48-51-57(60)63-54-55(53-62-56(59)50-47-44-41-38-35-32-24-21-18-15-12-9-6-3)64-58(61)52-49-46-43-40-37-34-30-26-23-20-17-14-11-8-5-2/h17,20,22-23,25-29,31-32,35,55H,4-16,18-19,21,24,30,33-34,36-54H2,1-3H3/b20-17-,25-22-,26-23-,28-27-,31-29-,35-32-. The monoisotopic (exact) mass is 893 g/mol. The molecule has 0 rings (SSSR count). The molecule has 0 N–H and O–H groups in total. The number of esters is 3. The van der Waals surface area contributed by atoms with Gasteiger partial charge in [-0.2, -0.15) is 0 Å². The Balaban J connectivity index is 4.45. The Morgan fingerprint density at radius 1 is 0.312 bits per heavy atom. The normalized spacial score (nSPS) is 12.6. The van der Waals surface area contributed by atoms with E-state index in [-0.39, 0.29) is 31.1 Å². The summed E-state index contributed by atoms with van der Waals surface area (Å²) in [5, 5.41) is 0. The molecule has 0 aromatic heterocycles. The molecule has 6 heteroatoms. The van der Waals surface area contributed by atoms with Crippen LogP contribution in [0.2, 0.25) is 0 Å². The molecule has 0 aliphatic carbocycles. The SMILES string of the molecule is CCCCC/C=C\C=C/CCCCCCCCC(=O)OC(COC(=O)CCCCC/C=C\CCCCCCCC)COC(=O)CCCCCCC\C=C/C=C\C=C/CCCCCCC. The largest absolute Gasteiger partial charge is 0.462 e. The number of carbonyl (C=O) groups is 3. The van der Waals surface area contributed by atoms with E-state index in [9.17, 15) is 14.4 Å². The molecule has 64 heavy (non-hydrogen) atoms. The molecule has 1 unspecified atom stereocenters. The highest BCUT2D eigenvalue weighted by molar-refractivity contribution is 5.71. The summed E-state index contributed by atoms with van der Waals surface area (Å²) in [5.41, 5.74) is 0. The van der Waals surface area contributed by atoms with Gasteiger partial charge in [-0.25, -0.2) is 0 Å². The molecular formula is C58H100O6. The van der Waals surface area contributed by atoms with Gasteiger partial charge in [0.2, 0.25) is 0 Å². The van der Waals surface area contributed by atoms with Gasteiger partial charge in [0, 0.05) is 19.3 Å². The first-order chi connectivity index (χ1) is 31.5. The average Bonchev–Trinajstić information content (AvgIpc) is 3.29. The van der Waals surface area contributed by atoms with Crippen molar-refractivity contribution < 1.29 is 28.6 Å². The Morgan fingerprint density at radius 2 is 0.578 bits per heavy atom. The Labute approximate surface area is 395 Å². The number of ether oxygens (including phenoxy) is 3. The highest BCUT2D eigenvalue weighted by Gasteiger charge is 2.19. The van der Waals surface area contributed by atoms with Gasteiger partial charge >= 0.3 is 17.9 Å². The predicted octanol–water partition coefficient (Wildman–Crippen LogP) is 17.8. The first kappa shape index (κ1) is 60.9. The molecule has 0 bridgehead atoms. The zero-order chi connectivity index (χ0) is 46.5. The molecule has 0 fully saturated rings. The summed E-state index contributed by atoms with van der Waals surface area (Å²) in [6.07, 6.45) is 65.9. The second kappa shape index (κ2) is 52.5. The van der Waals surface area contributed by atoms with Crippen LogP contribution in [0.25, 0.3) is 0 Å². The first-order valence-corrected chi connectivity index (χ1v) is 27.0. The van der Waals surface area contributed by atoms with Crippen molar-refractivity contribution in [2.24, 2.45) is 0 Å². The molecule has 0 radical (unpaired) electrons. The lowest BCUT2D eigenvalue weighted by atomic mass is 10.1. The van der Waals surface area contributed by atoms with Gasteiger partial charge in [-0.3, -0.25) is 14.4 Å². The second-order valence-corrected chi connectivity index (χ2v) is 17.9. The summed E-state index contributed by atoms with van der Waals surface area (Å²) in [4.78, 5) is 38.0. The van der Waals surface area contributed by atoms with E-state index in [4.69, 9.17) is 14.2 Å². The third-order valence-corrected chi connectivity index (χ3v) is 11.5. The number of carbonyl (C=O) groups excluding carboxylic acids is 3. The number of allylic oxidation sites excluding steroid dienone is 12. The molecule has 0 spiro atoms. The maximum Gasteiger partial charge on any atom is 0.306 e. The molecule has 368 valence electrons. The summed E-state index contributed by atoms with van der Waals surface area (Å²) in [6.45, 7) is 6.55. The molecule has 0 aliphatic rings. The van der Waals surface area contributed by atoms with Crippen LogP contribution in [0.15, 0.2) is 72.9 Å². The summed E-state index contributed by atoms with van der Waals surface area (Å²) < 4.78 is 16.8. The van der Waals surface area contributed by atoms with Gasteiger partial charge in [0.1, 0.15) is 13.2 Å². The second-order valence-electron chi connectivity index (χ2n) is 17.9. The van der Waals surface area contributed by atoms with Crippen molar-refractivity contribution in [1.82, 2.24) is 0 Å². The van der Waals surface area contributed by atoms with Crippen LogP contribution in [0.3, 0.4) is 0 Å². The first-order valence-electron chi connectivity index (χ1n) is 27.0. The van der Waals surface area contributed by atoms with E-state index >= 15 is 0 Å². The number of rotatable bonds is 48. The van der Waals surface area contributed by atoms with Crippen molar-refractivity contribution in [3.63, 3.8) is 0 Å². The Hall–Kier alpha value is -3.15. The van der Waals surface area contributed by atoms with Gasteiger partial charge in [-0.1, -0.05) is 216 Å². The Kier molecular flexibility index (Phi) is 49.9. The van der Waals surface area contributed by atoms with Gasteiger partial charge < -0.3 is 14.2 Å². The number of unbranched alkanes of at least 4 members (excludes halogenated alkanes) is 28. The fourth-order valence-corrected chi connectivity index (χ4v) is 7.37. The molecule has 0 heterocycles. The molecule has 1 atom stereocenters. The van der Waals surface area contributed by atoms with Crippen molar-refractivity contribution in [2.75, 3.05) is 13.2 Å². The van der Waals surface area contributed by atoms with Crippen LogP contribution in [0, 0.1) is 0 Å². The molecule has 6 nitrogen and oxygen atoms in total. The van der Waals surface area contributed by atoms with Crippen molar-refractivity contribution >= 4 is 17.9 Å². The van der Waals surface area contributed by atoms with Crippen LogP contribution in [0.5, 0.6) is 0 Å². The van der Waals surface area contributed by atoms with E-state index < -0.39 is 6.10 Å². The third kappa shape index (κ3) is 49.9. The average molecular weight is 893 g/mol. The van der Waals surface area contributed by atoms with Gasteiger partial charge in [0.15, 0.2) is 6.10 Å². The fourth-order valence-electron chi connectivity index (χ4n) is 7.37. The van der Waals surface area contributed by atoms with E-state index in [0.29, 0.717) is 19.3 Å². The van der Waals surface area contributed by atoms with Crippen LogP contribution in [0.4, 0.5) is 0 Å². The molecular weight excluding hydrogens is 793 g/mol. The summed E-state index contributed by atoms with van der Waals surface area (Å²) >= 11 is 0. The van der Waals surface area contributed by atoms with E-state index in [1.54, 1.807) is 0 Å². The van der Waals surface area contributed by atoms with E-state index in [1.165, 1.54) is 109 Å². The van der Waals surface area contributed by atoms with E-state index in [1.807, 2.05) is 0 Å². The number of hydrogen-bond acceptors (Lipinski definition) is 6. The highest BCUT2D eigenvalue weighted by Crippen LogP contribution is 2.14. The lowest BCUT2D eigenvalue weighted by Crippen LogP contribution is -2.30. The van der Waals surface area contributed by atoms with E-state index in [2.05, 4.69) is 93.7 Å². The van der Waals surface area contributed by atoms with Crippen LogP contribution in [-0.4, -0.2) is 37.2 Å². The van der Waals surface area contributed by atoms with Crippen molar-refractivity contribution in [3.05, 3.63) is 72.9 Å². The van der Waals surface area contributed by atoms with Crippen LogP contribution >= 0.6 is 0 Å².